The van der Waals surface area contributed by atoms with Crippen molar-refractivity contribution in [1.82, 2.24) is 0 Å². The Balaban J connectivity index is 0.00000200. The van der Waals surface area contributed by atoms with E-state index in [1.165, 1.54) is 0 Å². The first-order valence-corrected chi connectivity index (χ1v) is 6.63. The summed E-state index contributed by atoms with van der Waals surface area (Å²) < 4.78 is 5.66. The van der Waals surface area contributed by atoms with Crippen molar-refractivity contribution in [1.29, 1.82) is 0 Å². The number of rotatable bonds is 5. The molecule has 0 saturated carbocycles. The fourth-order valence-electron chi connectivity index (χ4n) is 1.50. The molecular formula is C15H13Cl2NOY-2. The number of hydrogen-bond donors (Lipinski definition) is 1. The Morgan fingerprint density at radius 2 is 1.85 bits per heavy atom. The molecule has 0 saturated heterocycles. The summed E-state index contributed by atoms with van der Waals surface area (Å²) in [6.45, 7) is 4.58. The minimum atomic E-state index is 0. The molecule has 0 aliphatic rings. The van der Waals surface area contributed by atoms with Crippen LogP contribution in [0.5, 0.6) is 11.5 Å². The van der Waals surface area contributed by atoms with Gasteiger partial charge in [0.25, 0.3) is 0 Å². The van der Waals surface area contributed by atoms with Crippen LogP contribution in [0, 0.1) is 13.0 Å². The van der Waals surface area contributed by atoms with Crippen LogP contribution in [0.15, 0.2) is 36.4 Å². The Kier molecular flexibility index (Phi) is 7.90. The maximum atomic E-state index is 6.04. The van der Waals surface area contributed by atoms with Crippen LogP contribution in [0.2, 0.25) is 10.0 Å². The predicted octanol–water partition coefficient (Wildman–Crippen LogP) is 5.22. The Morgan fingerprint density at radius 1 is 1.15 bits per heavy atom. The van der Waals surface area contributed by atoms with E-state index < -0.39 is 0 Å². The number of para-hydroxylation sites is 1. The van der Waals surface area contributed by atoms with Crippen molar-refractivity contribution in [3.8, 4) is 11.5 Å². The number of anilines is 1. The molecule has 103 valence electrons. The summed E-state index contributed by atoms with van der Waals surface area (Å²) in [6.07, 6.45) is 0.821. The minimum absolute atomic E-state index is 0. The van der Waals surface area contributed by atoms with Crippen molar-refractivity contribution >= 4 is 28.9 Å². The molecule has 0 spiro atoms. The Morgan fingerprint density at radius 3 is 2.40 bits per heavy atom. The summed E-state index contributed by atoms with van der Waals surface area (Å²) in [4.78, 5) is 0. The van der Waals surface area contributed by atoms with Gasteiger partial charge in [0, 0.05) is 38.5 Å². The average Bonchev–Trinajstić information content (AvgIpc) is 2.42. The zero-order chi connectivity index (χ0) is 13.7. The Labute approximate surface area is 154 Å². The smallest absolute Gasteiger partial charge is 0.148 e. The van der Waals surface area contributed by atoms with E-state index in [9.17, 15) is 0 Å². The average molecular weight is 383 g/mol. The van der Waals surface area contributed by atoms with Gasteiger partial charge in [-0.1, -0.05) is 35.0 Å². The van der Waals surface area contributed by atoms with Gasteiger partial charge >= 0.3 is 0 Å². The van der Waals surface area contributed by atoms with E-state index in [4.69, 9.17) is 27.9 Å². The number of hydrogen-bond acceptors (Lipinski definition) is 2. The minimum Gasteiger partial charge on any atom is -0.514 e. The van der Waals surface area contributed by atoms with Gasteiger partial charge in [-0.05, 0) is 18.7 Å². The molecule has 2 aromatic rings. The van der Waals surface area contributed by atoms with E-state index in [0.29, 0.717) is 21.5 Å². The van der Waals surface area contributed by atoms with E-state index in [1.54, 1.807) is 24.3 Å². The topological polar surface area (TPSA) is 21.3 Å². The zero-order valence-corrected chi connectivity index (χ0v) is 15.2. The first kappa shape index (κ1) is 17.8. The van der Waals surface area contributed by atoms with Gasteiger partial charge in [0.05, 0.1) is 10.0 Å². The van der Waals surface area contributed by atoms with E-state index in [0.717, 1.165) is 18.7 Å². The molecule has 0 bridgehead atoms. The Hall–Kier alpha value is -0.276. The molecule has 1 N–H and O–H groups in total. The van der Waals surface area contributed by atoms with E-state index >= 15 is 0 Å². The molecule has 0 heterocycles. The van der Waals surface area contributed by atoms with Gasteiger partial charge in [0.15, 0.2) is 0 Å². The maximum absolute atomic E-state index is 6.04. The van der Waals surface area contributed by atoms with Crippen molar-refractivity contribution in [3.05, 3.63) is 59.4 Å². The van der Waals surface area contributed by atoms with Gasteiger partial charge in [-0.3, -0.25) is 0 Å². The van der Waals surface area contributed by atoms with Crippen LogP contribution in [-0.2, 0) is 32.7 Å². The van der Waals surface area contributed by atoms with Gasteiger partial charge in [-0.15, -0.1) is 18.2 Å². The molecular weight excluding hydrogens is 370 g/mol. The number of nitrogens with one attached hydrogen (secondary N) is 1. The zero-order valence-electron chi connectivity index (χ0n) is 10.8. The standard InChI is InChI=1S/C15H13Cl2NO.Y/c1-2-10-18-11-6-8-12(9-7-11)19-15-13(16)4-3-5-14(15)17;/h3-6,8-9,18H,1-2,10H2;/q-2;. The molecule has 0 unspecified atom stereocenters. The normalized spacial score (nSPS) is 9.75. The second-order valence-corrected chi connectivity index (χ2v) is 4.69. The third-order valence-electron chi connectivity index (χ3n) is 2.42. The quantitative estimate of drug-likeness (QED) is 0.715. The fourth-order valence-corrected chi connectivity index (χ4v) is 1.98. The van der Waals surface area contributed by atoms with Crippen molar-refractivity contribution in [3.63, 3.8) is 0 Å². The molecule has 0 aliphatic heterocycles. The molecule has 0 aromatic heterocycles. The molecule has 0 fully saturated rings. The second-order valence-electron chi connectivity index (χ2n) is 3.87. The molecule has 2 aromatic carbocycles. The third kappa shape index (κ3) is 4.93. The van der Waals surface area contributed by atoms with Crippen LogP contribution in [-0.4, -0.2) is 6.54 Å². The van der Waals surface area contributed by atoms with Gasteiger partial charge < -0.3 is 17.0 Å². The number of halogens is 2. The molecule has 2 rings (SSSR count). The predicted molar refractivity (Wildman–Crippen MR) is 80.3 cm³/mol. The number of benzene rings is 2. The second kappa shape index (κ2) is 8.89. The van der Waals surface area contributed by atoms with Crippen LogP contribution in [0.4, 0.5) is 5.69 Å². The summed E-state index contributed by atoms with van der Waals surface area (Å²) in [5, 5.41) is 4.14. The summed E-state index contributed by atoms with van der Waals surface area (Å²) in [5.41, 5.74) is 0.904. The van der Waals surface area contributed by atoms with Gasteiger partial charge in [-0.25, -0.2) is 0 Å². The van der Waals surface area contributed by atoms with E-state index in [2.05, 4.69) is 18.3 Å². The van der Waals surface area contributed by atoms with Gasteiger partial charge in [-0.2, -0.15) is 12.5 Å². The van der Waals surface area contributed by atoms with E-state index in [1.807, 2.05) is 12.1 Å². The van der Waals surface area contributed by atoms with Crippen LogP contribution in [0.3, 0.4) is 0 Å². The molecule has 5 heteroatoms. The number of ether oxygens (including phenoxy) is 1. The van der Waals surface area contributed by atoms with Crippen LogP contribution in [0.1, 0.15) is 6.42 Å². The first-order valence-electron chi connectivity index (χ1n) is 5.87. The molecule has 2 nitrogen and oxygen atoms in total. The molecule has 0 atom stereocenters. The van der Waals surface area contributed by atoms with Crippen LogP contribution >= 0.6 is 23.2 Å². The van der Waals surface area contributed by atoms with Crippen LogP contribution < -0.4 is 10.1 Å². The van der Waals surface area contributed by atoms with Crippen molar-refractivity contribution in [2.24, 2.45) is 0 Å². The summed E-state index contributed by atoms with van der Waals surface area (Å²) in [7, 11) is 0. The summed E-state index contributed by atoms with van der Waals surface area (Å²) in [5.74, 6) is 1.09. The molecule has 20 heavy (non-hydrogen) atoms. The van der Waals surface area contributed by atoms with Gasteiger partial charge in [0.1, 0.15) is 5.75 Å². The molecule has 0 aliphatic carbocycles. The summed E-state index contributed by atoms with van der Waals surface area (Å²) >= 11 is 12.1. The molecule has 1 radical (unpaired) electrons. The first-order chi connectivity index (χ1) is 9.20. The van der Waals surface area contributed by atoms with Crippen molar-refractivity contribution < 1.29 is 37.4 Å². The largest absolute Gasteiger partial charge is 0.514 e. The van der Waals surface area contributed by atoms with Crippen molar-refractivity contribution in [2.45, 2.75) is 6.42 Å². The SMILES string of the molecule is [CH2-]CCNc1[c-]cc(Oc2c(Cl)cccc2Cl)cc1.[Y]. The summed E-state index contributed by atoms with van der Waals surface area (Å²) in [6, 6.07) is 13.8. The third-order valence-corrected chi connectivity index (χ3v) is 3.01. The monoisotopic (exact) mass is 382 g/mol. The van der Waals surface area contributed by atoms with E-state index in [-0.39, 0.29) is 32.7 Å². The van der Waals surface area contributed by atoms with Gasteiger partial charge in [0.2, 0.25) is 0 Å². The molecule has 0 amide bonds. The van der Waals surface area contributed by atoms with Crippen molar-refractivity contribution in [2.75, 3.05) is 11.9 Å². The Bertz CT molecular complexity index is 526. The van der Waals surface area contributed by atoms with Crippen LogP contribution in [0.25, 0.3) is 0 Å². The maximum Gasteiger partial charge on any atom is 0.148 e. The fraction of sp³-hybridized carbons (Fsp3) is 0.133.